The van der Waals surface area contributed by atoms with E-state index in [9.17, 15) is 23.2 Å². The van der Waals surface area contributed by atoms with E-state index in [4.69, 9.17) is 0 Å². The summed E-state index contributed by atoms with van der Waals surface area (Å²) in [5.74, 6) is -8.46. The van der Waals surface area contributed by atoms with Crippen LogP contribution in [0.5, 0.6) is 0 Å². The average Bonchev–Trinajstić information content (AvgIpc) is 2.75. The Labute approximate surface area is 187 Å². The lowest BCUT2D eigenvalue weighted by Crippen LogP contribution is -2.58. The number of ketones is 1. The van der Waals surface area contributed by atoms with Crippen LogP contribution < -0.4 is 5.32 Å². The number of halogens is 4. The molecule has 0 aliphatic carbocycles. The number of piperidine rings is 2. The molecule has 174 valence electrons. The van der Waals surface area contributed by atoms with Gasteiger partial charge in [-0.3, -0.25) is 14.4 Å². The fourth-order valence-corrected chi connectivity index (χ4v) is 4.62. The predicted molar refractivity (Wildman–Crippen MR) is 112 cm³/mol. The van der Waals surface area contributed by atoms with Crippen molar-refractivity contribution in [1.82, 2.24) is 4.90 Å². The van der Waals surface area contributed by atoms with Crippen molar-refractivity contribution in [1.29, 1.82) is 0 Å². The molecule has 0 unspecified atom stereocenters. The second-order valence-electron chi connectivity index (χ2n) is 8.59. The van der Waals surface area contributed by atoms with Crippen molar-refractivity contribution < 1.29 is 31.9 Å². The van der Waals surface area contributed by atoms with Crippen molar-refractivity contribution in [3.63, 3.8) is 0 Å². The van der Waals surface area contributed by atoms with Crippen LogP contribution in [0.3, 0.4) is 0 Å². The number of amides is 2. The Balaban J connectivity index is 1.60. The number of carbonyl (C=O) groups is 3. The van der Waals surface area contributed by atoms with Crippen LogP contribution in [0.4, 0.5) is 23.2 Å². The molecule has 2 heterocycles. The number of anilines is 1. The number of rotatable bonds is 4. The van der Waals surface area contributed by atoms with E-state index in [2.05, 4.69) is 5.32 Å². The third-order valence-corrected chi connectivity index (χ3v) is 6.27. The molecule has 2 amide bonds. The molecule has 2 bridgehead atoms. The van der Waals surface area contributed by atoms with Crippen LogP contribution in [0.15, 0.2) is 36.4 Å². The highest BCUT2D eigenvalue weighted by molar-refractivity contribution is 6.04. The first-order valence-electron chi connectivity index (χ1n) is 10.7. The molecule has 1 N–H and O–H groups in total. The van der Waals surface area contributed by atoms with Crippen LogP contribution in [-0.4, -0.2) is 34.6 Å². The Kier molecular flexibility index (Phi) is 5.99. The Morgan fingerprint density at radius 1 is 1.00 bits per heavy atom. The lowest BCUT2D eigenvalue weighted by molar-refractivity contribution is -0.170. The highest BCUT2D eigenvalue weighted by atomic mass is 19.3. The first-order valence-corrected chi connectivity index (χ1v) is 10.7. The molecule has 2 aliphatic rings. The van der Waals surface area contributed by atoms with E-state index >= 15 is 8.78 Å². The van der Waals surface area contributed by atoms with Crippen molar-refractivity contribution in [2.75, 3.05) is 5.32 Å². The van der Waals surface area contributed by atoms with Crippen LogP contribution in [0.2, 0.25) is 0 Å². The van der Waals surface area contributed by atoms with E-state index < -0.39 is 47.0 Å². The fraction of sp³-hybridized carbons (Fsp3) is 0.375. The molecular formula is C24H22F4N2O3. The zero-order chi connectivity index (χ0) is 23.9. The number of nitrogens with one attached hydrogen (secondary N) is 1. The maximum Gasteiger partial charge on any atom is 0.352 e. The average molecular weight is 462 g/mol. The molecule has 0 spiro atoms. The number of nitrogens with zero attached hydrogens (tertiary/aromatic N) is 1. The van der Waals surface area contributed by atoms with E-state index in [1.54, 1.807) is 0 Å². The second-order valence-corrected chi connectivity index (χ2v) is 8.59. The summed E-state index contributed by atoms with van der Waals surface area (Å²) >= 11 is 0. The van der Waals surface area contributed by atoms with Crippen LogP contribution >= 0.6 is 0 Å². The molecule has 2 aromatic carbocycles. The number of fused-ring (bicyclic) bond motifs is 2. The first kappa shape index (κ1) is 22.9. The summed E-state index contributed by atoms with van der Waals surface area (Å²) in [7, 11) is 0. The van der Waals surface area contributed by atoms with Gasteiger partial charge in [-0.25, -0.2) is 8.78 Å². The number of Topliss-reactive ketones (excluding diaryl/α,β-unsaturated/α-hetero) is 1. The summed E-state index contributed by atoms with van der Waals surface area (Å²) in [6.45, 7) is 1.50. The lowest BCUT2D eigenvalue weighted by atomic mass is 9.83. The second kappa shape index (κ2) is 8.61. The standard InChI is InChI=1S/C24H22F4N2O3/c1-13-9-15(6-8-20(13)25)29-22(32)14-5-7-21(26)19(10-14)24(27,28)23(33)30-16-3-2-4-17(30)12-18(31)11-16/h5-10,16-17H,2-4,11-12H2,1H3,(H,29,32)/t16-,17+. The molecule has 33 heavy (non-hydrogen) atoms. The maximum absolute atomic E-state index is 15.3. The molecule has 0 saturated carbocycles. The zero-order valence-electron chi connectivity index (χ0n) is 17.8. The molecule has 4 rings (SSSR count). The number of aryl methyl sites for hydroxylation is 1. The quantitative estimate of drug-likeness (QED) is 0.669. The van der Waals surface area contributed by atoms with Crippen molar-refractivity contribution in [2.45, 2.75) is 57.0 Å². The van der Waals surface area contributed by atoms with Gasteiger partial charge in [-0.05, 0) is 68.1 Å². The monoisotopic (exact) mass is 462 g/mol. The van der Waals surface area contributed by atoms with Crippen molar-refractivity contribution >= 4 is 23.3 Å². The lowest BCUT2D eigenvalue weighted by Gasteiger charge is -2.46. The molecule has 0 aromatic heterocycles. The maximum atomic E-state index is 15.3. The summed E-state index contributed by atoms with van der Waals surface area (Å²) in [5.41, 5.74) is -0.978. The van der Waals surface area contributed by atoms with Gasteiger partial charge in [0, 0.05) is 36.2 Å². The molecule has 9 heteroatoms. The van der Waals surface area contributed by atoms with Gasteiger partial charge in [-0.2, -0.15) is 8.78 Å². The Morgan fingerprint density at radius 2 is 1.64 bits per heavy atom. The molecular weight excluding hydrogens is 440 g/mol. The van der Waals surface area contributed by atoms with Crippen LogP contribution in [0.25, 0.3) is 0 Å². The van der Waals surface area contributed by atoms with Gasteiger partial charge in [0.1, 0.15) is 17.4 Å². The predicted octanol–water partition coefficient (Wildman–Crippen LogP) is 4.73. The minimum Gasteiger partial charge on any atom is -0.330 e. The highest BCUT2D eigenvalue weighted by Gasteiger charge is 2.52. The third kappa shape index (κ3) is 4.36. The SMILES string of the molecule is Cc1cc(NC(=O)c2ccc(F)c(C(F)(F)C(=O)N3[C@@H]4CCC[C@H]3CC(=O)C4)c2)ccc1F. The van der Waals surface area contributed by atoms with Crippen LogP contribution in [-0.2, 0) is 15.5 Å². The van der Waals surface area contributed by atoms with Gasteiger partial charge < -0.3 is 10.2 Å². The molecule has 2 fully saturated rings. The zero-order valence-corrected chi connectivity index (χ0v) is 17.8. The normalized spacial score (nSPS) is 20.5. The number of alkyl halides is 2. The van der Waals surface area contributed by atoms with E-state index in [-0.39, 0.29) is 35.4 Å². The van der Waals surface area contributed by atoms with Crippen molar-refractivity contribution in [3.05, 3.63) is 64.7 Å². The van der Waals surface area contributed by atoms with Gasteiger partial charge in [0.2, 0.25) is 0 Å². The topological polar surface area (TPSA) is 66.5 Å². The smallest absolute Gasteiger partial charge is 0.330 e. The van der Waals surface area contributed by atoms with Gasteiger partial charge >= 0.3 is 5.92 Å². The highest BCUT2D eigenvalue weighted by Crippen LogP contribution is 2.39. The number of hydrogen-bond acceptors (Lipinski definition) is 3. The fourth-order valence-electron chi connectivity index (χ4n) is 4.62. The molecule has 5 nitrogen and oxygen atoms in total. The molecule has 2 aliphatic heterocycles. The molecule has 2 aromatic rings. The van der Waals surface area contributed by atoms with Gasteiger partial charge in [-0.1, -0.05) is 0 Å². The molecule has 0 radical (unpaired) electrons. The van der Waals surface area contributed by atoms with Crippen molar-refractivity contribution in [3.8, 4) is 0 Å². The van der Waals surface area contributed by atoms with Gasteiger partial charge in [0.15, 0.2) is 0 Å². The number of benzene rings is 2. The van der Waals surface area contributed by atoms with E-state index in [1.807, 2.05) is 0 Å². The third-order valence-electron chi connectivity index (χ3n) is 6.27. The first-order chi connectivity index (χ1) is 15.6. The summed E-state index contributed by atoms with van der Waals surface area (Å²) in [6.07, 6.45) is 1.63. The number of hydrogen-bond donors (Lipinski definition) is 1. The minimum absolute atomic E-state index is 0.0142. The van der Waals surface area contributed by atoms with E-state index in [1.165, 1.54) is 19.1 Å². The number of carbonyl (C=O) groups excluding carboxylic acids is 3. The molecule has 2 saturated heterocycles. The molecule has 2 atom stereocenters. The van der Waals surface area contributed by atoms with Gasteiger partial charge in [0.25, 0.3) is 11.8 Å². The van der Waals surface area contributed by atoms with Gasteiger partial charge in [-0.15, -0.1) is 0 Å². The Bertz CT molecular complexity index is 1120. The Morgan fingerprint density at radius 3 is 2.27 bits per heavy atom. The van der Waals surface area contributed by atoms with Crippen LogP contribution in [0, 0.1) is 18.6 Å². The van der Waals surface area contributed by atoms with E-state index in [0.29, 0.717) is 25.0 Å². The largest absolute Gasteiger partial charge is 0.352 e. The Hall–Kier alpha value is -3.23. The minimum atomic E-state index is -4.22. The summed E-state index contributed by atoms with van der Waals surface area (Å²) < 4.78 is 58.4. The summed E-state index contributed by atoms with van der Waals surface area (Å²) in [6, 6.07) is 4.96. The summed E-state index contributed by atoms with van der Waals surface area (Å²) in [5, 5.41) is 2.45. The van der Waals surface area contributed by atoms with Crippen molar-refractivity contribution in [2.24, 2.45) is 0 Å². The van der Waals surface area contributed by atoms with Crippen LogP contribution in [0.1, 0.15) is 53.6 Å². The summed E-state index contributed by atoms with van der Waals surface area (Å²) in [4.78, 5) is 38.4. The van der Waals surface area contributed by atoms with E-state index in [0.717, 1.165) is 23.5 Å². The van der Waals surface area contributed by atoms with Gasteiger partial charge in [0.05, 0.1) is 5.56 Å².